The van der Waals surface area contributed by atoms with E-state index >= 15 is 0 Å². The van der Waals surface area contributed by atoms with Crippen molar-refractivity contribution in [2.75, 3.05) is 18.2 Å². The standard InChI is InChI=1S/C22H19FN4O2/c23-16-7-11-18(12-8-16)29-17-9-5-15(6-10-17)21-19-3-1-2-4-20(19)25-22(26-21)27(24)13-14-28/h1-12,28H,13-14,24H2. The zero-order valence-corrected chi connectivity index (χ0v) is 15.5. The quantitative estimate of drug-likeness (QED) is 0.384. The number of hydrogen-bond acceptors (Lipinski definition) is 6. The summed E-state index contributed by atoms with van der Waals surface area (Å²) in [7, 11) is 0. The van der Waals surface area contributed by atoms with Crippen LogP contribution in [0.1, 0.15) is 0 Å². The number of aliphatic hydroxyl groups excluding tert-OH is 1. The molecule has 4 aromatic rings. The third-order valence-corrected chi connectivity index (χ3v) is 4.37. The molecular weight excluding hydrogens is 371 g/mol. The second-order valence-corrected chi connectivity index (χ2v) is 6.39. The number of aliphatic hydroxyl groups is 1. The van der Waals surface area contributed by atoms with Gasteiger partial charge in [0.15, 0.2) is 0 Å². The van der Waals surface area contributed by atoms with Crippen molar-refractivity contribution in [2.45, 2.75) is 0 Å². The van der Waals surface area contributed by atoms with Crippen LogP contribution in [-0.4, -0.2) is 28.2 Å². The summed E-state index contributed by atoms with van der Waals surface area (Å²) >= 11 is 0. The molecule has 4 rings (SSSR count). The molecule has 1 aromatic heterocycles. The molecule has 1 heterocycles. The molecule has 0 saturated carbocycles. The van der Waals surface area contributed by atoms with Crippen molar-refractivity contribution in [3.05, 3.63) is 78.6 Å². The van der Waals surface area contributed by atoms with E-state index in [1.807, 2.05) is 48.5 Å². The Bertz CT molecular complexity index is 1120. The Labute approximate surface area is 167 Å². The lowest BCUT2D eigenvalue weighted by Gasteiger charge is -2.17. The van der Waals surface area contributed by atoms with Gasteiger partial charge < -0.3 is 9.84 Å². The molecule has 0 saturated heterocycles. The molecule has 0 aliphatic rings. The van der Waals surface area contributed by atoms with Gasteiger partial charge >= 0.3 is 0 Å². The zero-order valence-electron chi connectivity index (χ0n) is 15.5. The summed E-state index contributed by atoms with van der Waals surface area (Å²) in [5, 5.41) is 11.4. The molecule has 0 bridgehead atoms. The minimum absolute atomic E-state index is 0.0998. The highest BCUT2D eigenvalue weighted by molar-refractivity contribution is 5.93. The van der Waals surface area contributed by atoms with Gasteiger partial charge in [-0.15, -0.1) is 0 Å². The number of ether oxygens (including phenoxy) is 1. The largest absolute Gasteiger partial charge is 0.457 e. The summed E-state index contributed by atoms with van der Waals surface area (Å²) in [5.74, 6) is 7.16. The number of rotatable bonds is 6. The van der Waals surface area contributed by atoms with Gasteiger partial charge in [0.05, 0.1) is 24.4 Å². The fourth-order valence-corrected chi connectivity index (χ4v) is 2.94. The SMILES string of the molecule is NN(CCO)c1nc(-c2ccc(Oc3ccc(F)cc3)cc2)c2ccccc2n1. The maximum absolute atomic E-state index is 13.0. The van der Waals surface area contributed by atoms with E-state index in [4.69, 9.17) is 15.7 Å². The summed E-state index contributed by atoms with van der Waals surface area (Å²) in [5.41, 5.74) is 2.36. The molecular formula is C22H19FN4O2. The number of nitrogens with zero attached hydrogens (tertiary/aromatic N) is 3. The first-order valence-corrected chi connectivity index (χ1v) is 9.08. The van der Waals surface area contributed by atoms with Gasteiger partial charge in [-0.1, -0.05) is 18.2 Å². The van der Waals surface area contributed by atoms with Gasteiger partial charge in [-0.2, -0.15) is 0 Å². The first-order valence-electron chi connectivity index (χ1n) is 9.08. The number of anilines is 1. The maximum atomic E-state index is 13.0. The second-order valence-electron chi connectivity index (χ2n) is 6.39. The minimum atomic E-state index is -0.311. The van der Waals surface area contributed by atoms with E-state index in [9.17, 15) is 4.39 Å². The third kappa shape index (κ3) is 4.16. The van der Waals surface area contributed by atoms with Gasteiger partial charge in [0.1, 0.15) is 17.3 Å². The number of para-hydroxylation sites is 1. The van der Waals surface area contributed by atoms with Gasteiger partial charge in [0.2, 0.25) is 5.95 Å². The van der Waals surface area contributed by atoms with Crippen LogP contribution >= 0.6 is 0 Å². The van der Waals surface area contributed by atoms with Gasteiger partial charge in [-0.3, -0.25) is 5.01 Å². The third-order valence-electron chi connectivity index (χ3n) is 4.37. The van der Waals surface area contributed by atoms with Crippen LogP contribution in [0.3, 0.4) is 0 Å². The number of nitrogens with two attached hydrogens (primary N) is 1. The molecule has 0 aliphatic heterocycles. The van der Waals surface area contributed by atoms with E-state index in [1.165, 1.54) is 17.1 Å². The van der Waals surface area contributed by atoms with Crippen LogP contribution in [0.2, 0.25) is 0 Å². The number of hydrogen-bond donors (Lipinski definition) is 2. The van der Waals surface area contributed by atoms with Crippen molar-refractivity contribution >= 4 is 16.9 Å². The number of fused-ring (bicyclic) bond motifs is 1. The highest BCUT2D eigenvalue weighted by atomic mass is 19.1. The Morgan fingerprint density at radius 3 is 2.24 bits per heavy atom. The van der Waals surface area contributed by atoms with Crippen LogP contribution in [0.4, 0.5) is 10.3 Å². The van der Waals surface area contributed by atoms with Gasteiger partial charge in [-0.25, -0.2) is 20.2 Å². The topological polar surface area (TPSA) is 84.5 Å². The highest BCUT2D eigenvalue weighted by Crippen LogP contribution is 2.30. The first kappa shape index (κ1) is 18.8. The number of aromatic nitrogens is 2. The molecule has 0 unspecified atom stereocenters. The number of halogens is 1. The van der Waals surface area contributed by atoms with Crippen molar-refractivity contribution in [1.82, 2.24) is 9.97 Å². The van der Waals surface area contributed by atoms with Crippen molar-refractivity contribution in [2.24, 2.45) is 5.84 Å². The summed E-state index contributed by atoms with van der Waals surface area (Å²) in [6, 6.07) is 20.9. The van der Waals surface area contributed by atoms with Gasteiger partial charge in [0.25, 0.3) is 0 Å². The minimum Gasteiger partial charge on any atom is -0.457 e. The van der Waals surface area contributed by atoms with Crippen molar-refractivity contribution in [1.29, 1.82) is 0 Å². The van der Waals surface area contributed by atoms with Crippen LogP contribution in [-0.2, 0) is 0 Å². The molecule has 0 radical (unpaired) electrons. The summed E-state index contributed by atoms with van der Waals surface area (Å²) in [4.78, 5) is 9.09. The molecule has 29 heavy (non-hydrogen) atoms. The number of benzene rings is 3. The van der Waals surface area contributed by atoms with E-state index in [2.05, 4.69) is 9.97 Å². The molecule has 7 heteroatoms. The van der Waals surface area contributed by atoms with E-state index in [1.54, 1.807) is 12.1 Å². The van der Waals surface area contributed by atoms with Gasteiger partial charge in [-0.05, 0) is 54.6 Å². The maximum Gasteiger partial charge on any atom is 0.241 e. The van der Waals surface area contributed by atoms with Crippen LogP contribution in [0.25, 0.3) is 22.2 Å². The Morgan fingerprint density at radius 1 is 0.897 bits per heavy atom. The van der Waals surface area contributed by atoms with Crippen molar-refractivity contribution < 1.29 is 14.2 Å². The van der Waals surface area contributed by atoms with E-state index < -0.39 is 0 Å². The molecule has 146 valence electrons. The smallest absolute Gasteiger partial charge is 0.241 e. The lowest BCUT2D eigenvalue weighted by molar-refractivity contribution is 0.301. The highest BCUT2D eigenvalue weighted by Gasteiger charge is 2.13. The fraction of sp³-hybridized carbons (Fsp3) is 0.0909. The summed E-state index contributed by atoms with van der Waals surface area (Å²) in [6.45, 7) is 0.125. The van der Waals surface area contributed by atoms with E-state index in [0.29, 0.717) is 17.4 Å². The molecule has 0 aliphatic carbocycles. The Balaban J connectivity index is 1.69. The lowest BCUT2D eigenvalue weighted by atomic mass is 10.1. The van der Waals surface area contributed by atoms with Crippen molar-refractivity contribution in [3.63, 3.8) is 0 Å². The predicted molar refractivity (Wildman–Crippen MR) is 110 cm³/mol. The molecule has 3 N–H and O–H groups in total. The van der Waals surface area contributed by atoms with Crippen LogP contribution in [0.5, 0.6) is 11.5 Å². The average Bonchev–Trinajstić information content (AvgIpc) is 2.75. The molecule has 0 fully saturated rings. The molecule has 0 spiro atoms. The van der Waals surface area contributed by atoms with Gasteiger partial charge in [0, 0.05) is 10.9 Å². The van der Waals surface area contributed by atoms with Crippen LogP contribution in [0, 0.1) is 5.82 Å². The van der Waals surface area contributed by atoms with Crippen molar-refractivity contribution in [3.8, 4) is 22.8 Å². The zero-order chi connectivity index (χ0) is 20.2. The molecule has 0 atom stereocenters. The Morgan fingerprint density at radius 2 is 1.55 bits per heavy atom. The molecule has 0 amide bonds. The Kier molecular flexibility index (Phi) is 5.33. The predicted octanol–water partition coefficient (Wildman–Crippen LogP) is 3.90. The Hall–Kier alpha value is -3.55. The number of hydrazine groups is 1. The second kappa shape index (κ2) is 8.22. The monoisotopic (exact) mass is 390 g/mol. The van der Waals surface area contributed by atoms with E-state index in [-0.39, 0.29) is 19.0 Å². The van der Waals surface area contributed by atoms with Crippen LogP contribution < -0.4 is 15.6 Å². The molecule has 3 aromatic carbocycles. The lowest BCUT2D eigenvalue weighted by Crippen LogP contribution is -2.35. The molecule has 6 nitrogen and oxygen atoms in total. The summed E-state index contributed by atoms with van der Waals surface area (Å²) < 4.78 is 18.8. The summed E-state index contributed by atoms with van der Waals surface area (Å²) in [6.07, 6.45) is 0. The average molecular weight is 390 g/mol. The van der Waals surface area contributed by atoms with Crippen LogP contribution in [0.15, 0.2) is 72.8 Å². The first-order chi connectivity index (χ1) is 14.1. The normalized spacial score (nSPS) is 10.9. The fourth-order valence-electron chi connectivity index (χ4n) is 2.94. The van der Waals surface area contributed by atoms with E-state index in [0.717, 1.165) is 22.2 Å².